The SMILES string of the molecule is CC1(C(=O)O)CCCCC1Nc1ncc[nH]c1=O. The highest BCUT2D eigenvalue weighted by Crippen LogP contribution is 2.37. The molecule has 0 amide bonds. The molecule has 1 saturated carbocycles. The van der Waals surface area contributed by atoms with Crippen molar-refractivity contribution in [1.29, 1.82) is 0 Å². The summed E-state index contributed by atoms with van der Waals surface area (Å²) in [6, 6.07) is -0.264. The van der Waals surface area contributed by atoms with Crippen LogP contribution in [0, 0.1) is 5.41 Å². The van der Waals surface area contributed by atoms with E-state index in [1.807, 2.05) is 0 Å². The van der Waals surface area contributed by atoms with Crippen LogP contribution in [0.4, 0.5) is 5.82 Å². The fourth-order valence-electron chi connectivity index (χ4n) is 2.44. The summed E-state index contributed by atoms with van der Waals surface area (Å²) in [4.78, 5) is 29.4. The van der Waals surface area contributed by atoms with E-state index in [4.69, 9.17) is 0 Å². The molecule has 1 aliphatic rings. The zero-order valence-corrected chi connectivity index (χ0v) is 10.3. The molecule has 6 nitrogen and oxygen atoms in total. The van der Waals surface area contributed by atoms with Crippen LogP contribution in [0.15, 0.2) is 17.2 Å². The van der Waals surface area contributed by atoms with Gasteiger partial charge in [-0.1, -0.05) is 12.8 Å². The van der Waals surface area contributed by atoms with E-state index in [0.717, 1.165) is 19.3 Å². The summed E-state index contributed by atoms with van der Waals surface area (Å²) < 4.78 is 0. The first-order chi connectivity index (χ1) is 8.54. The molecule has 2 unspecified atom stereocenters. The van der Waals surface area contributed by atoms with Crippen molar-refractivity contribution in [3.8, 4) is 0 Å². The summed E-state index contributed by atoms with van der Waals surface area (Å²) in [5, 5.41) is 12.4. The first-order valence-corrected chi connectivity index (χ1v) is 6.07. The minimum absolute atomic E-state index is 0.192. The Hall–Kier alpha value is -1.85. The molecular formula is C12H17N3O3. The number of aliphatic carboxylic acids is 1. The van der Waals surface area contributed by atoms with Gasteiger partial charge in [0.25, 0.3) is 5.56 Å². The second-order valence-electron chi connectivity index (χ2n) is 4.93. The maximum absolute atomic E-state index is 11.5. The smallest absolute Gasteiger partial charge is 0.311 e. The van der Waals surface area contributed by atoms with Gasteiger partial charge in [0.05, 0.1) is 5.41 Å². The Morgan fingerprint density at radius 2 is 2.39 bits per heavy atom. The van der Waals surface area contributed by atoms with Crippen LogP contribution in [0.1, 0.15) is 32.6 Å². The number of H-pyrrole nitrogens is 1. The van der Waals surface area contributed by atoms with E-state index in [1.165, 1.54) is 12.4 Å². The highest BCUT2D eigenvalue weighted by molar-refractivity contribution is 5.76. The fraction of sp³-hybridized carbons (Fsp3) is 0.583. The molecule has 0 saturated heterocycles. The monoisotopic (exact) mass is 251 g/mol. The molecule has 98 valence electrons. The van der Waals surface area contributed by atoms with Crippen molar-refractivity contribution in [2.24, 2.45) is 5.41 Å². The van der Waals surface area contributed by atoms with Crippen molar-refractivity contribution in [3.63, 3.8) is 0 Å². The van der Waals surface area contributed by atoms with Crippen molar-refractivity contribution in [1.82, 2.24) is 9.97 Å². The van der Waals surface area contributed by atoms with E-state index in [1.54, 1.807) is 6.92 Å². The number of hydrogen-bond acceptors (Lipinski definition) is 4. The van der Waals surface area contributed by atoms with Crippen molar-refractivity contribution in [3.05, 3.63) is 22.7 Å². The number of nitrogens with zero attached hydrogens (tertiary/aromatic N) is 1. The van der Waals surface area contributed by atoms with Gasteiger partial charge in [0, 0.05) is 18.4 Å². The standard InChI is InChI=1S/C12H17N3O3/c1-12(11(17)18)5-3-2-4-8(12)15-9-10(16)14-7-6-13-9/h6-8H,2-5H2,1H3,(H,13,15)(H,14,16)(H,17,18). The molecule has 6 heteroatoms. The first-order valence-electron chi connectivity index (χ1n) is 6.07. The molecule has 0 bridgehead atoms. The second-order valence-corrected chi connectivity index (χ2v) is 4.93. The third-order valence-electron chi connectivity index (χ3n) is 3.72. The molecule has 2 rings (SSSR count). The molecule has 1 aromatic heterocycles. The van der Waals surface area contributed by atoms with Crippen molar-refractivity contribution in [2.45, 2.75) is 38.6 Å². The van der Waals surface area contributed by atoms with Gasteiger partial charge in [-0.2, -0.15) is 0 Å². The van der Waals surface area contributed by atoms with E-state index in [0.29, 0.717) is 6.42 Å². The number of nitrogens with one attached hydrogen (secondary N) is 2. The molecule has 0 aliphatic heterocycles. The number of aromatic nitrogens is 2. The number of rotatable bonds is 3. The van der Waals surface area contributed by atoms with E-state index < -0.39 is 11.4 Å². The minimum atomic E-state index is -0.845. The summed E-state index contributed by atoms with van der Waals surface area (Å²) in [7, 11) is 0. The Morgan fingerprint density at radius 1 is 1.61 bits per heavy atom. The lowest BCUT2D eigenvalue weighted by molar-refractivity contribution is -0.150. The quantitative estimate of drug-likeness (QED) is 0.750. The van der Waals surface area contributed by atoms with Crippen LogP contribution < -0.4 is 10.9 Å². The Labute approximate surface area is 104 Å². The minimum Gasteiger partial charge on any atom is -0.481 e. The van der Waals surface area contributed by atoms with Gasteiger partial charge in [0.1, 0.15) is 0 Å². The van der Waals surface area contributed by atoms with Crippen molar-refractivity contribution in [2.75, 3.05) is 5.32 Å². The molecule has 1 heterocycles. The largest absolute Gasteiger partial charge is 0.481 e. The molecule has 0 aromatic carbocycles. The molecule has 1 aliphatic carbocycles. The lowest BCUT2D eigenvalue weighted by Crippen LogP contribution is -2.47. The van der Waals surface area contributed by atoms with Gasteiger partial charge in [0.15, 0.2) is 5.82 Å². The summed E-state index contributed by atoms with van der Waals surface area (Å²) in [5.41, 5.74) is -1.17. The van der Waals surface area contributed by atoms with Gasteiger partial charge in [-0.05, 0) is 19.8 Å². The predicted octanol–water partition coefficient (Wildman–Crippen LogP) is 1.22. The normalized spacial score (nSPS) is 27.7. The average molecular weight is 251 g/mol. The van der Waals surface area contributed by atoms with Gasteiger partial charge >= 0.3 is 5.97 Å². The van der Waals surface area contributed by atoms with Crippen LogP contribution >= 0.6 is 0 Å². The van der Waals surface area contributed by atoms with Crippen LogP contribution in [0.2, 0.25) is 0 Å². The Morgan fingerprint density at radius 3 is 3.06 bits per heavy atom. The molecule has 2 atom stereocenters. The van der Waals surface area contributed by atoms with E-state index in [2.05, 4.69) is 15.3 Å². The number of aromatic amines is 1. The van der Waals surface area contributed by atoms with E-state index in [-0.39, 0.29) is 17.4 Å². The maximum Gasteiger partial charge on any atom is 0.311 e. The van der Waals surface area contributed by atoms with E-state index >= 15 is 0 Å². The third kappa shape index (κ3) is 2.23. The number of carboxylic acid groups (broad SMARTS) is 1. The van der Waals surface area contributed by atoms with Crippen LogP contribution in [-0.4, -0.2) is 27.1 Å². The summed E-state index contributed by atoms with van der Waals surface area (Å²) >= 11 is 0. The molecular weight excluding hydrogens is 234 g/mol. The zero-order valence-electron chi connectivity index (χ0n) is 10.3. The molecule has 18 heavy (non-hydrogen) atoms. The highest BCUT2D eigenvalue weighted by atomic mass is 16.4. The number of anilines is 1. The molecule has 3 N–H and O–H groups in total. The van der Waals surface area contributed by atoms with E-state index in [9.17, 15) is 14.7 Å². The van der Waals surface area contributed by atoms with Gasteiger partial charge in [-0.25, -0.2) is 4.98 Å². The van der Waals surface area contributed by atoms with Crippen LogP contribution in [0.3, 0.4) is 0 Å². The van der Waals surface area contributed by atoms with Gasteiger partial charge in [-0.3, -0.25) is 9.59 Å². The molecule has 0 radical (unpaired) electrons. The van der Waals surface area contributed by atoms with Crippen molar-refractivity contribution < 1.29 is 9.90 Å². The van der Waals surface area contributed by atoms with Crippen LogP contribution in [0.5, 0.6) is 0 Å². The fourth-order valence-corrected chi connectivity index (χ4v) is 2.44. The van der Waals surface area contributed by atoms with Gasteiger partial charge in [0.2, 0.25) is 0 Å². The topological polar surface area (TPSA) is 95.1 Å². The summed E-state index contributed by atoms with van der Waals surface area (Å²) in [5.74, 6) is -0.635. The lowest BCUT2D eigenvalue weighted by Gasteiger charge is -2.38. The second kappa shape index (κ2) is 4.80. The number of carbonyl (C=O) groups is 1. The van der Waals surface area contributed by atoms with Crippen LogP contribution in [-0.2, 0) is 4.79 Å². The molecule has 1 fully saturated rings. The maximum atomic E-state index is 11.5. The Bertz CT molecular complexity index is 499. The van der Waals surface area contributed by atoms with Gasteiger partial charge < -0.3 is 15.4 Å². The molecule has 0 spiro atoms. The molecule has 1 aromatic rings. The summed E-state index contributed by atoms with van der Waals surface area (Å²) in [6.07, 6.45) is 6.14. The zero-order chi connectivity index (χ0) is 13.2. The average Bonchev–Trinajstić information content (AvgIpc) is 2.34. The predicted molar refractivity (Wildman–Crippen MR) is 66.5 cm³/mol. The number of hydrogen-bond donors (Lipinski definition) is 3. The Kier molecular flexibility index (Phi) is 3.36. The third-order valence-corrected chi connectivity index (χ3v) is 3.72. The highest BCUT2D eigenvalue weighted by Gasteiger charge is 2.43. The van der Waals surface area contributed by atoms with Crippen molar-refractivity contribution >= 4 is 11.8 Å². The Balaban J connectivity index is 2.24. The first kappa shape index (κ1) is 12.6. The summed E-state index contributed by atoms with van der Waals surface area (Å²) in [6.45, 7) is 1.73. The lowest BCUT2D eigenvalue weighted by atomic mass is 9.71. The number of carboxylic acids is 1. The van der Waals surface area contributed by atoms with Crippen LogP contribution in [0.25, 0.3) is 0 Å². The van der Waals surface area contributed by atoms with Gasteiger partial charge in [-0.15, -0.1) is 0 Å².